The van der Waals surface area contributed by atoms with Gasteiger partial charge in [-0.1, -0.05) is 15.9 Å². The third-order valence-electron chi connectivity index (χ3n) is 0.240. The van der Waals surface area contributed by atoms with Gasteiger partial charge in [-0.2, -0.15) is 0 Å². The minimum atomic E-state index is -0.280. The summed E-state index contributed by atoms with van der Waals surface area (Å²) in [6, 6.07) is 0. The van der Waals surface area contributed by atoms with Crippen molar-refractivity contribution in [3.05, 3.63) is 0 Å². The van der Waals surface area contributed by atoms with Gasteiger partial charge in [0.15, 0.2) is 0 Å². The van der Waals surface area contributed by atoms with Crippen LogP contribution in [0.15, 0.2) is 0 Å². The van der Waals surface area contributed by atoms with E-state index in [1.165, 1.54) is 0 Å². The topological polar surface area (TPSA) is 29.5 Å². The van der Waals surface area contributed by atoms with Crippen molar-refractivity contribution in [2.24, 2.45) is 0 Å². The monoisotopic (exact) mass is 218 g/mol. The first kappa shape index (κ1) is 6.88. The third-order valence-corrected chi connectivity index (χ3v) is 1.67. The average Bonchev–Trinajstić information content (AvgIpc) is 1.65. The van der Waals surface area contributed by atoms with Gasteiger partial charge in [0, 0.05) is 0 Å². The predicted molar refractivity (Wildman–Crippen MR) is 29.8 cm³/mol. The molecule has 0 rings (SSSR count). The number of hydrogen-bond donors (Lipinski definition) is 1. The van der Waals surface area contributed by atoms with Gasteiger partial charge >= 0.3 is 0 Å². The standard InChI is InChI=1S/C2H4Br2O2/c3-2(1-5)6-4/h2,5H,1H2. The second kappa shape index (κ2) is 4.05. The minimum absolute atomic E-state index is 0.0226. The Morgan fingerprint density at radius 1 is 1.83 bits per heavy atom. The van der Waals surface area contributed by atoms with Crippen LogP contribution in [0.3, 0.4) is 0 Å². The van der Waals surface area contributed by atoms with E-state index in [1.807, 2.05) is 0 Å². The van der Waals surface area contributed by atoms with Gasteiger partial charge < -0.3 is 5.11 Å². The number of rotatable bonds is 2. The van der Waals surface area contributed by atoms with Gasteiger partial charge in [0.2, 0.25) is 0 Å². The lowest BCUT2D eigenvalue weighted by molar-refractivity contribution is 0.210. The van der Waals surface area contributed by atoms with Crippen LogP contribution in [-0.2, 0) is 3.83 Å². The van der Waals surface area contributed by atoms with Crippen molar-refractivity contribution in [3.63, 3.8) is 0 Å². The molecule has 4 heteroatoms. The molecule has 0 aromatic rings. The van der Waals surface area contributed by atoms with E-state index in [0.717, 1.165) is 0 Å². The number of aliphatic hydroxyl groups excluding tert-OH is 1. The molecule has 0 aromatic carbocycles. The van der Waals surface area contributed by atoms with Gasteiger partial charge in [-0.05, 0) is 0 Å². The van der Waals surface area contributed by atoms with Crippen molar-refractivity contribution in [1.29, 1.82) is 0 Å². The molecule has 0 fully saturated rings. The average molecular weight is 220 g/mol. The van der Waals surface area contributed by atoms with E-state index in [2.05, 4.69) is 36.0 Å². The van der Waals surface area contributed by atoms with Crippen LogP contribution >= 0.6 is 32.2 Å². The molecule has 0 saturated heterocycles. The van der Waals surface area contributed by atoms with Crippen LogP contribution in [0.5, 0.6) is 0 Å². The molecule has 6 heavy (non-hydrogen) atoms. The molecule has 0 heterocycles. The van der Waals surface area contributed by atoms with E-state index in [-0.39, 0.29) is 11.6 Å². The second-order valence-electron chi connectivity index (χ2n) is 0.682. The van der Waals surface area contributed by atoms with E-state index in [9.17, 15) is 0 Å². The first-order valence-corrected chi connectivity index (χ1v) is 2.90. The molecule has 1 atom stereocenters. The number of hydrogen-bond acceptors (Lipinski definition) is 2. The Morgan fingerprint density at radius 3 is 2.33 bits per heavy atom. The van der Waals surface area contributed by atoms with Crippen LogP contribution in [0.2, 0.25) is 0 Å². The van der Waals surface area contributed by atoms with Crippen molar-refractivity contribution < 1.29 is 8.93 Å². The molecule has 0 aliphatic rings. The van der Waals surface area contributed by atoms with E-state index in [1.54, 1.807) is 0 Å². The highest BCUT2D eigenvalue weighted by Gasteiger charge is 1.94. The lowest BCUT2D eigenvalue weighted by atomic mass is 10.8. The normalized spacial score (nSPS) is 14.5. The molecule has 0 spiro atoms. The second-order valence-corrected chi connectivity index (χ2v) is 2.08. The molecule has 1 unspecified atom stereocenters. The zero-order valence-electron chi connectivity index (χ0n) is 2.90. The fourth-order valence-electron chi connectivity index (χ4n) is 0.0282. The SMILES string of the molecule is OCC(Br)OBr. The maximum atomic E-state index is 8.13. The number of aliphatic hydroxyl groups is 1. The Balaban J connectivity index is 2.75. The summed E-state index contributed by atoms with van der Waals surface area (Å²) >= 11 is 5.62. The van der Waals surface area contributed by atoms with Crippen LogP contribution in [0.25, 0.3) is 0 Å². The van der Waals surface area contributed by atoms with Crippen LogP contribution in [0.1, 0.15) is 0 Å². The first-order valence-electron chi connectivity index (χ1n) is 1.33. The van der Waals surface area contributed by atoms with Gasteiger partial charge in [-0.15, -0.1) is 0 Å². The molecule has 0 aliphatic heterocycles. The summed E-state index contributed by atoms with van der Waals surface area (Å²) in [6.45, 7) is -0.0226. The molecular formula is C2H4Br2O2. The molecule has 2 nitrogen and oxygen atoms in total. The van der Waals surface area contributed by atoms with Crippen molar-refractivity contribution in [2.75, 3.05) is 6.61 Å². The van der Waals surface area contributed by atoms with Crippen molar-refractivity contribution in [1.82, 2.24) is 0 Å². The molecule has 0 amide bonds. The van der Waals surface area contributed by atoms with Gasteiger partial charge in [-0.3, -0.25) is 3.83 Å². The van der Waals surface area contributed by atoms with E-state index in [4.69, 9.17) is 5.11 Å². The Kier molecular flexibility index (Phi) is 4.64. The van der Waals surface area contributed by atoms with Gasteiger partial charge in [0.1, 0.15) is 21.3 Å². The van der Waals surface area contributed by atoms with E-state index >= 15 is 0 Å². The maximum Gasteiger partial charge on any atom is 0.149 e. The number of alkyl halides is 1. The van der Waals surface area contributed by atoms with E-state index in [0.29, 0.717) is 0 Å². The van der Waals surface area contributed by atoms with Crippen molar-refractivity contribution >= 4 is 32.2 Å². The molecule has 0 aromatic heterocycles. The van der Waals surface area contributed by atoms with Crippen LogP contribution in [0, 0.1) is 0 Å². The zero-order valence-corrected chi connectivity index (χ0v) is 6.07. The van der Waals surface area contributed by atoms with Gasteiger partial charge in [0.25, 0.3) is 0 Å². The molecule has 1 N–H and O–H groups in total. The van der Waals surface area contributed by atoms with Crippen molar-refractivity contribution in [2.45, 2.75) is 5.01 Å². The highest BCUT2D eigenvalue weighted by molar-refractivity contribution is 9.10. The first-order chi connectivity index (χ1) is 2.81. The molecular weight excluding hydrogens is 216 g/mol. The summed E-state index contributed by atoms with van der Waals surface area (Å²) in [5.74, 6) is 0. The van der Waals surface area contributed by atoms with Crippen LogP contribution < -0.4 is 0 Å². The lowest BCUT2D eigenvalue weighted by Gasteiger charge is -1.95. The van der Waals surface area contributed by atoms with Gasteiger partial charge in [-0.25, -0.2) is 0 Å². The van der Waals surface area contributed by atoms with Crippen LogP contribution in [0.4, 0.5) is 0 Å². The summed E-state index contributed by atoms with van der Waals surface area (Å²) in [5.41, 5.74) is 0. The Hall–Kier alpha value is 0.880. The van der Waals surface area contributed by atoms with E-state index < -0.39 is 0 Å². The summed E-state index contributed by atoms with van der Waals surface area (Å²) in [4.78, 5) is 0. The molecule has 38 valence electrons. The van der Waals surface area contributed by atoms with Crippen LogP contribution in [-0.4, -0.2) is 16.7 Å². The minimum Gasteiger partial charge on any atom is -0.393 e. The maximum absolute atomic E-state index is 8.13. The predicted octanol–water partition coefficient (Wildman–Crippen LogP) is 1.03. The van der Waals surface area contributed by atoms with Crippen molar-refractivity contribution in [3.8, 4) is 0 Å². The van der Waals surface area contributed by atoms with Gasteiger partial charge in [0.05, 0.1) is 6.61 Å². The lowest BCUT2D eigenvalue weighted by Crippen LogP contribution is -2.00. The molecule has 0 saturated carbocycles. The quantitative estimate of drug-likeness (QED) is 0.704. The molecule has 0 aliphatic carbocycles. The smallest absolute Gasteiger partial charge is 0.149 e. The summed E-state index contributed by atoms with van der Waals surface area (Å²) < 4.78 is 4.38. The largest absolute Gasteiger partial charge is 0.393 e. The Morgan fingerprint density at radius 2 is 2.33 bits per heavy atom. The highest BCUT2D eigenvalue weighted by Crippen LogP contribution is 2.02. The zero-order chi connectivity index (χ0) is 4.99. The Labute approximate surface area is 53.1 Å². The Bertz CT molecular complexity index is 28.7. The summed E-state index contributed by atoms with van der Waals surface area (Å²) in [7, 11) is 0. The number of halogens is 2. The fraction of sp³-hybridized carbons (Fsp3) is 1.00. The molecule has 0 bridgehead atoms. The molecule has 0 radical (unpaired) electrons. The third kappa shape index (κ3) is 3.08. The summed E-state index contributed by atoms with van der Waals surface area (Å²) in [6.07, 6.45) is 0. The summed E-state index contributed by atoms with van der Waals surface area (Å²) in [5, 5.41) is 7.85. The fourth-order valence-corrected chi connectivity index (χ4v) is 0.146. The highest BCUT2D eigenvalue weighted by atomic mass is 79.9.